The smallest absolute Gasteiger partial charge is 0.408 e. The third-order valence-corrected chi connectivity index (χ3v) is 8.84. The molecule has 0 aromatic heterocycles. The lowest BCUT2D eigenvalue weighted by Gasteiger charge is -2.38. The average Bonchev–Trinajstić information content (AvgIpc) is 3.31. The maximum absolute atomic E-state index is 14.0. The Morgan fingerprint density at radius 3 is 2.18 bits per heavy atom. The number of hydrogen-bond donors (Lipinski definition) is 4. The number of nitrogens with one attached hydrogen (secondary N) is 4. The lowest BCUT2D eigenvalue weighted by molar-refractivity contribution is -0.384. The largest absolute Gasteiger partial charge is 0.444 e. The van der Waals surface area contributed by atoms with Crippen LogP contribution >= 0.6 is 0 Å². The monoisotopic (exact) mass is 684 g/mol. The van der Waals surface area contributed by atoms with Crippen LogP contribution in [-0.4, -0.2) is 82.1 Å². The van der Waals surface area contributed by atoms with Crippen LogP contribution < -0.4 is 21.3 Å². The van der Waals surface area contributed by atoms with Gasteiger partial charge in [-0.25, -0.2) is 4.79 Å². The Hall–Kier alpha value is -4.82. The zero-order valence-corrected chi connectivity index (χ0v) is 29.4. The average molecular weight is 685 g/mol. The second kappa shape index (κ2) is 14.7. The van der Waals surface area contributed by atoms with Gasteiger partial charge in [0.1, 0.15) is 23.7 Å². The Morgan fingerprint density at radius 2 is 1.65 bits per heavy atom. The number of Topliss-reactive ketones (excluding diaryl/α,β-unsaturated/α-hetero) is 1. The molecule has 49 heavy (non-hydrogen) atoms. The zero-order chi connectivity index (χ0) is 37.1. The summed E-state index contributed by atoms with van der Waals surface area (Å²) in [6.07, 6.45) is 0.511. The molecule has 0 bridgehead atoms. The highest BCUT2D eigenvalue weighted by molar-refractivity contribution is 6.38. The maximum atomic E-state index is 14.0. The molecule has 1 saturated carbocycles. The molecule has 3 rings (SSSR count). The summed E-state index contributed by atoms with van der Waals surface area (Å²) in [6, 6.07) is 2.24. The molecule has 2 aliphatic rings. The van der Waals surface area contributed by atoms with Crippen LogP contribution in [0.25, 0.3) is 0 Å². The standard InChI is InChI=1S/C34H48N6O9/c1-10-11-22(26(42)29(44)36-17-23(41)35-16-19-12-14-20(15-13-19)40(47)48)37-28(43)25-24-21(34(24,8)9)18-39(25)30(45)27(32(2,3)4)38-31(46)49-33(5,6)7/h10,12-15,21-22,24-25,27H,1,11,16-18H2,2-9H3,(H,35,41)(H,36,44)(H,37,43)(H,38,46)/t21?,22?,24?,25-,27+/m0/s1. The number of non-ortho nitro benzene ring substituents is 1. The van der Waals surface area contributed by atoms with E-state index in [4.69, 9.17) is 4.74 Å². The highest BCUT2D eigenvalue weighted by Gasteiger charge is 2.70. The van der Waals surface area contributed by atoms with Crippen molar-refractivity contribution in [3.05, 3.63) is 52.6 Å². The van der Waals surface area contributed by atoms with Crippen molar-refractivity contribution in [3.63, 3.8) is 0 Å². The summed E-state index contributed by atoms with van der Waals surface area (Å²) in [7, 11) is 0. The van der Waals surface area contributed by atoms with Gasteiger partial charge in [0.15, 0.2) is 0 Å². The number of piperidine rings is 1. The number of carbonyl (C=O) groups excluding carboxylic acids is 6. The number of alkyl carbamates (subject to hydrolysis) is 1. The first-order chi connectivity index (χ1) is 22.6. The maximum Gasteiger partial charge on any atom is 0.408 e. The predicted octanol–water partition coefficient (Wildman–Crippen LogP) is 2.38. The number of benzene rings is 1. The zero-order valence-electron chi connectivity index (χ0n) is 29.4. The molecule has 1 saturated heterocycles. The van der Waals surface area contributed by atoms with Crippen LogP contribution in [0.15, 0.2) is 36.9 Å². The summed E-state index contributed by atoms with van der Waals surface area (Å²) < 4.78 is 5.39. The van der Waals surface area contributed by atoms with Crippen LogP contribution in [0.2, 0.25) is 0 Å². The molecule has 1 aliphatic carbocycles. The summed E-state index contributed by atoms with van der Waals surface area (Å²) in [5.74, 6) is -4.01. The number of rotatable bonds is 13. The van der Waals surface area contributed by atoms with Crippen LogP contribution in [0.5, 0.6) is 0 Å². The molecule has 1 aromatic carbocycles. The van der Waals surface area contributed by atoms with Gasteiger partial charge in [-0.15, -0.1) is 6.58 Å². The molecule has 3 unspecified atom stereocenters. The quantitative estimate of drug-likeness (QED) is 0.104. The van der Waals surface area contributed by atoms with Crippen molar-refractivity contribution in [2.45, 2.75) is 92.1 Å². The van der Waals surface area contributed by atoms with E-state index in [-0.39, 0.29) is 42.4 Å². The molecule has 1 aliphatic heterocycles. The Balaban J connectivity index is 1.68. The van der Waals surface area contributed by atoms with Crippen molar-refractivity contribution < 1.29 is 38.4 Å². The lowest BCUT2D eigenvalue weighted by Crippen LogP contribution is -2.60. The molecule has 15 nitrogen and oxygen atoms in total. The van der Waals surface area contributed by atoms with Gasteiger partial charge < -0.3 is 30.9 Å². The number of carbonyl (C=O) groups is 6. The number of nitro benzene ring substituents is 1. The minimum atomic E-state index is -1.32. The number of amides is 5. The van der Waals surface area contributed by atoms with Gasteiger partial charge in [-0.05, 0) is 55.4 Å². The summed E-state index contributed by atoms with van der Waals surface area (Å²) in [5, 5.41) is 20.9. The van der Waals surface area contributed by atoms with Crippen LogP contribution in [0.3, 0.4) is 0 Å². The molecule has 5 amide bonds. The van der Waals surface area contributed by atoms with E-state index >= 15 is 0 Å². The lowest BCUT2D eigenvalue weighted by atomic mass is 9.85. The van der Waals surface area contributed by atoms with Crippen molar-refractivity contribution in [1.29, 1.82) is 0 Å². The second-order valence-corrected chi connectivity index (χ2v) is 15.2. The fraction of sp³-hybridized carbons (Fsp3) is 0.588. The number of fused-ring (bicyclic) bond motifs is 1. The van der Waals surface area contributed by atoms with Gasteiger partial charge in [-0.1, -0.05) is 52.8 Å². The third-order valence-electron chi connectivity index (χ3n) is 8.84. The predicted molar refractivity (Wildman–Crippen MR) is 179 cm³/mol. The van der Waals surface area contributed by atoms with Gasteiger partial charge in [0.25, 0.3) is 11.6 Å². The molecule has 268 valence electrons. The number of nitrogens with zero attached hydrogens (tertiary/aromatic N) is 2. The van der Waals surface area contributed by atoms with E-state index in [9.17, 15) is 38.9 Å². The van der Waals surface area contributed by atoms with Gasteiger partial charge >= 0.3 is 6.09 Å². The summed E-state index contributed by atoms with van der Waals surface area (Å²) in [5.41, 5.74) is -1.31. The van der Waals surface area contributed by atoms with Crippen molar-refractivity contribution in [3.8, 4) is 0 Å². The number of hydrogen-bond acceptors (Lipinski definition) is 9. The molecule has 1 heterocycles. The van der Waals surface area contributed by atoms with Gasteiger partial charge in [-0.2, -0.15) is 0 Å². The molecular formula is C34H48N6O9. The molecule has 1 aromatic rings. The summed E-state index contributed by atoms with van der Waals surface area (Å²) in [4.78, 5) is 90.6. The SMILES string of the molecule is C=CCC(NC(=O)[C@@H]1C2C(CN1C(=O)[C@@H](NC(=O)OC(C)(C)C)C(C)(C)C)C2(C)C)C(=O)C(=O)NCC(=O)NCc1ccc([N+](=O)[O-])cc1. The van der Waals surface area contributed by atoms with Crippen molar-refractivity contribution >= 4 is 41.2 Å². The van der Waals surface area contributed by atoms with E-state index in [1.807, 2.05) is 13.8 Å². The minimum Gasteiger partial charge on any atom is -0.444 e. The molecule has 5 atom stereocenters. The van der Waals surface area contributed by atoms with E-state index in [0.717, 1.165) is 0 Å². The highest BCUT2D eigenvalue weighted by atomic mass is 16.6. The minimum absolute atomic E-state index is 0.00992. The van der Waals surface area contributed by atoms with E-state index in [1.54, 1.807) is 41.5 Å². The van der Waals surface area contributed by atoms with E-state index < -0.39 is 76.1 Å². The first kappa shape index (κ1) is 38.6. The molecule has 0 spiro atoms. The number of ketones is 1. The topological polar surface area (TPSA) is 206 Å². The third kappa shape index (κ3) is 9.63. The number of nitro groups is 1. The fourth-order valence-corrected chi connectivity index (χ4v) is 6.11. The van der Waals surface area contributed by atoms with Crippen LogP contribution in [0, 0.1) is 32.8 Å². The van der Waals surface area contributed by atoms with Crippen LogP contribution in [0.1, 0.15) is 67.4 Å². The molecule has 4 N–H and O–H groups in total. The van der Waals surface area contributed by atoms with Crippen molar-refractivity contribution in [2.75, 3.05) is 13.1 Å². The van der Waals surface area contributed by atoms with E-state index in [0.29, 0.717) is 5.56 Å². The van der Waals surface area contributed by atoms with Crippen LogP contribution in [-0.2, 0) is 35.3 Å². The summed E-state index contributed by atoms with van der Waals surface area (Å²) >= 11 is 0. The Labute approximate surface area is 286 Å². The molecular weight excluding hydrogens is 636 g/mol. The second-order valence-electron chi connectivity index (χ2n) is 15.2. The highest BCUT2D eigenvalue weighted by Crippen LogP contribution is 2.65. The molecule has 0 radical (unpaired) electrons. The summed E-state index contributed by atoms with van der Waals surface area (Å²) in [6.45, 7) is 17.9. The first-order valence-electron chi connectivity index (χ1n) is 16.1. The Bertz CT molecular complexity index is 1490. The number of likely N-dealkylation sites (tertiary alicyclic amines) is 1. The Morgan fingerprint density at radius 1 is 1.04 bits per heavy atom. The normalized spacial score (nSPS) is 20.5. The molecule has 2 fully saturated rings. The van der Waals surface area contributed by atoms with Gasteiger partial charge in [0.05, 0.1) is 11.5 Å². The van der Waals surface area contributed by atoms with E-state index in [1.165, 1.54) is 35.2 Å². The fourth-order valence-electron chi connectivity index (χ4n) is 6.11. The van der Waals surface area contributed by atoms with Gasteiger partial charge in [0.2, 0.25) is 23.5 Å². The number of ether oxygens (including phenoxy) is 1. The van der Waals surface area contributed by atoms with Crippen molar-refractivity contribution in [1.82, 2.24) is 26.2 Å². The first-order valence-corrected chi connectivity index (χ1v) is 16.1. The van der Waals surface area contributed by atoms with Gasteiger partial charge in [-0.3, -0.25) is 34.1 Å². The van der Waals surface area contributed by atoms with E-state index in [2.05, 4.69) is 27.8 Å². The Kier molecular flexibility index (Phi) is 11.6. The van der Waals surface area contributed by atoms with Crippen molar-refractivity contribution in [2.24, 2.45) is 22.7 Å². The van der Waals surface area contributed by atoms with Crippen LogP contribution in [0.4, 0.5) is 10.5 Å². The molecule has 15 heteroatoms. The van der Waals surface area contributed by atoms with Gasteiger partial charge in [0, 0.05) is 25.2 Å².